The van der Waals surface area contributed by atoms with Crippen LogP contribution in [0.3, 0.4) is 0 Å². The van der Waals surface area contributed by atoms with Gasteiger partial charge >= 0.3 is 0 Å². The van der Waals surface area contributed by atoms with Gasteiger partial charge in [-0.3, -0.25) is 9.69 Å². The molecule has 0 N–H and O–H groups in total. The highest BCUT2D eigenvalue weighted by atomic mass is 79.9. The monoisotopic (exact) mass is 446 g/mol. The van der Waals surface area contributed by atoms with Crippen molar-refractivity contribution < 1.29 is 4.79 Å². The third-order valence-electron chi connectivity index (χ3n) is 4.99. The van der Waals surface area contributed by atoms with Crippen molar-refractivity contribution in [2.45, 2.75) is 32.5 Å². The van der Waals surface area contributed by atoms with E-state index in [1.807, 2.05) is 47.4 Å². The minimum absolute atomic E-state index is 0.0726. The quantitative estimate of drug-likeness (QED) is 0.599. The lowest BCUT2D eigenvalue weighted by Gasteiger charge is -2.44. The fourth-order valence-corrected chi connectivity index (χ4v) is 3.78. The minimum Gasteiger partial charge on any atom is -0.334 e. The topological polar surface area (TPSA) is 23.6 Å². The van der Waals surface area contributed by atoms with Crippen molar-refractivity contribution in [1.29, 1.82) is 0 Å². The van der Waals surface area contributed by atoms with Crippen LogP contribution in [0.25, 0.3) is 6.08 Å². The van der Waals surface area contributed by atoms with Gasteiger partial charge in [0, 0.05) is 47.3 Å². The maximum Gasteiger partial charge on any atom is 0.246 e. The van der Waals surface area contributed by atoms with Crippen LogP contribution in [0, 0.1) is 0 Å². The van der Waals surface area contributed by atoms with E-state index in [1.165, 1.54) is 5.56 Å². The average molecular weight is 448 g/mol. The fourth-order valence-electron chi connectivity index (χ4n) is 3.39. The molecular weight excluding hydrogens is 424 g/mol. The van der Waals surface area contributed by atoms with E-state index in [-0.39, 0.29) is 11.9 Å². The van der Waals surface area contributed by atoms with Crippen LogP contribution in [-0.2, 0) is 11.3 Å². The molecule has 0 aliphatic carbocycles. The van der Waals surface area contributed by atoms with Crippen molar-refractivity contribution in [2.75, 3.05) is 13.1 Å². The number of hydrogen-bond donors (Lipinski definition) is 0. The first-order valence-electron chi connectivity index (χ1n) is 9.15. The van der Waals surface area contributed by atoms with Crippen molar-refractivity contribution in [2.24, 2.45) is 0 Å². The van der Waals surface area contributed by atoms with Gasteiger partial charge in [0.25, 0.3) is 0 Å². The zero-order valence-electron chi connectivity index (χ0n) is 15.6. The van der Waals surface area contributed by atoms with E-state index in [9.17, 15) is 4.79 Å². The van der Waals surface area contributed by atoms with Gasteiger partial charge in [-0.1, -0.05) is 51.8 Å². The SMILES string of the molecule is CC1CN(C(=O)/C=C/c2ccc(Br)cc2)C(C)CN1Cc1ccc(Cl)cc1. The number of carbonyl (C=O) groups excluding carboxylic acids is 1. The van der Waals surface area contributed by atoms with Gasteiger partial charge < -0.3 is 4.90 Å². The molecule has 0 bridgehead atoms. The third-order valence-corrected chi connectivity index (χ3v) is 5.77. The molecule has 2 atom stereocenters. The maximum absolute atomic E-state index is 12.7. The minimum atomic E-state index is 0.0726. The molecular formula is C22H24BrClN2O. The molecule has 2 unspecified atom stereocenters. The summed E-state index contributed by atoms with van der Waals surface area (Å²) >= 11 is 9.40. The van der Waals surface area contributed by atoms with Crippen LogP contribution in [0.5, 0.6) is 0 Å². The molecule has 0 radical (unpaired) electrons. The molecule has 1 aliphatic rings. The maximum atomic E-state index is 12.7. The second-order valence-corrected chi connectivity index (χ2v) is 8.48. The first-order valence-corrected chi connectivity index (χ1v) is 10.3. The zero-order valence-corrected chi connectivity index (χ0v) is 18.0. The molecule has 1 fully saturated rings. The molecule has 27 heavy (non-hydrogen) atoms. The number of piperazine rings is 1. The second kappa shape index (κ2) is 9.05. The number of halogens is 2. The van der Waals surface area contributed by atoms with Crippen molar-refractivity contribution in [3.8, 4) is 0 Å². The molecule has 0 saturated carbocycles. The molecule has 3 rings (SSSR count). The normalized spacial score (nSPS) is 21.0. The third kappa shape index (κ3) is 5.44. The van der Waals surface area contributed by atoms with Gasteiger partial charge in [-0.2, -0.15) is 0 Å². The van der Waals surface area contributed by atoms with Gasteiger partial charge in [0.2, 0.25) is 5.91 Å². The molecule has 5 heteroatoms. The van der Waals surface area contributed by atoms with Gasteiger partial charge in [-0.25, -0.2) is 0 Å². The molecule has 2 aromatic carbocycles. The predicted molar refractivity (Wildman–Crippen MR) is 116 cm³/mol. The van der Waals surface area contributed by atoms with Crippen LogP contribution < -0.4 is 0 Å². The summed E-state index contributed by atoms with van der Waals surface area (Å²) in [7, 11) is 0. The standard InChI is InChI=1S/C22H24BrClN2O/c1-16-14-26(22(27)12-7-18-3-8-20(23)9-4-18)17(2)13-25(16)15-19-5-10-21(24)11-6-19/h3-12,16-17H,13-15H2,1-2H3/b12-7+. The Morgan fingerprint density at radius 2 is 1.74 bits per heavy atom. The summed E-state index contributed by atoms with van der Waals surface area (Å²) in [4.78, 5) is 17.1. The van der Waals surface area contributed by atoms with Gasteiger partial charge in [0.1, 0.15) is 0 Å². The van der Waals surface area contributed by atoms with Crippen molar-refractivity contribution in [3.05, 3.63) is 75.2 Å². The van der Waals surface area contributed by atoms with Crippen LogP contribution in [0.4, 0.5) is 0 Å². The number of carbonyl (C=O) groups is 1. The molecule has 0 aromatic heterocycles. The van der Waals surface area contributed by atoms with Crippen LogP contribution >= 0.6 is 27.5 Å². The highest BCUT2D eigenvalue weighted by Gasteiger charge is 2.30. The molecule has 1 amide bonds. The van der Waals surface area contributed by atoms with Crippen LogP contribution in [0.2, 0.25) is 5.02 Å². The lowest BCUT2D eigenvalue weighted by atomic mass is 10.1. The summed E-state index contributed by atoms with van der Waals surface area (Å²) < 4.78 is 1.03. The van der Waals surface area contributed by atoms with Crippen molar-refractivity contribution in [1.82, 2.24) is 9.80 Å². The van der Waals surface area contributed by atoms with E-state index in [2.05, 4.69) is 46.8 Å². The van der Waals surface area contributed by atoms with E-state index >= 15 is 0 Å². The largest absolute Gasteiger partial charge is 0.334 e. The molecule has 1 saturated heterocycles. The van der Waals surface area contributed by atoms with Crippen LogP contribution in [0.1, 0.15) is 25.0 Å². The molecule has 2 aromatic rings. The summed E-state index contributed by atoms with van der Waals surface area (Å²) in [6, 6.07) is 16.4. The van der Waals surface area contributed by atoms with E-state index in [0.29, 0.717) is 6.04 Å². The van der Waals surface area contributed by atoms with Gasteiger partial charge in [-0.05, 0) is 55.3 Å². The summed E-state index contributed by atoms with van der Waals surface area (Å²) in [5.74, 6) is 0.0726. The van der Waals surface area contributed by atoms with E-state index in [1.54, 1.807) is 6.08 Å². The highest BCUT2D eigenvalue weighted by molar-refractivity contribution is 9.10. The first kappa shape index (κ1) is 20.1. The molecule has 1 aliphatic heterocycles. The Bertz CT molecular complexity index is 804. The summed E-state index contributed by atoms with van der Waals surface area (Å²) in [6.07, 6.45) is 3.56. The predicted octanol–water partition coefficient (Wildman–Crippen LogP) is 5.24. The highest BCUT2D eigenvalue weighted by Crippen LogP contribution is 2.20. The molecule has 1 heterocycles. The Morgan fingerprint density at radius 3 is 2.41 bits per heavy atom. The lowest BCUT2D eigenvalue weighted by Crippen LogP contribution is -2.57. The summed E-state index contributed by atoms with van der Waals surface area (Å²) in [5, 5.41) is 0.758. The van der Waals surface area contributed by atoms with Crippen LogP contribution in [-0.4, -0.2) is 40.9 Å². The van der Waals surface area contributed by atoms with Gasteiger partial charge in [0.15, 0.2) is 0 Å². The summed E-state index contributed by atoms with van der Waals surface area (Å²) in [5.41, 5.74) is 2.27. The second-order valence-electron chi connectivity index (χ2n) is 7.13. The number of hydrogen-bond acceptors (Lipinski definition) is 2. The molecule has 0 spiro atoms. The Balaban J connectivity index is 1.61. The lowest BCUT2D eigenvalue weighted by molar-refractivity contribution is -0.131. The number of benzene rings is 2. The van der Waals surface area contributed by atoms with Gasteiger partial charge in [-0.15, -0.1) is 0 Å². The Morgan fingerprint density at radius 1 is 1.07 bits per heavy atom. The molecule has 3 nitrogen and oxygen atoms in total. The van der Waals surface area contributed by atoms with E-state index < -0.39 is 0 Å². The molecule has 142 valence electrons. The van der Waals surface area contributed by atoms with E-state index in [4.69, 9.17) is 11.6 Å². The number of nitrogens with zero attached hydrogens (tertiary/aromatic N) is 2. The van der Waals surface area contributed by atoms with Crippen LogP contribution in [0.15, 0.2) is 59.1 Å². The average Bonchev–Trinajstić information content (AvgIpc) is 2.65. The smallest absolute Gasteiger partial charge is 0.246 e. The van der Waals surface area contributed by atoms with Crippen molar-refractivity contribution >= 4 is 39.5 Å². The van der Waals surface area contributed by atoms with Crippen molar-refractivity contribution in [3.63, 3.8) is 0 Å². The summed E-state index contributed by atoms with van der Waals surface area (Å²) in [6.45, 7) is 6.77. The Hall–Kier alpha value is -1.62. The van der Waals surface area contributed by atoms with Gasteiger partial charge in [0.05, 0.1) is 0 Å². The number of amides is 1. The zero-order chi connectivity index (χ0) is 19.4. The Labute approximate surface area is 174 Å². The van der Waals surface area contributed by atoms with E-state index in [0.717, 1.165) is 34.7 Å². The fraction of sp³-hybridized carbons (Fsp3) is 0.318. The Kier molecular flexibility index (Phi) is 6.74. The number of rotatable bonds is 4. The first-order chi connectivity index (χ1) is 12.9.